The fourth-order valence-corrected chi connectivity index (χ4v) is 3.27. The molecule has 1 aliphatic heterocycles. The third kappa shape index (κ3) is 4.75. The molecule has 6 heteroatoms. The van der Waals surface area contributed by atoms with Gasteiger partial charge < -0.3 is 20.3 Å². The fraction of sp³-hybridized carbons (Fsp3) is 0.600. The van der Waals surface area contributed by atoms with Crippen molar-refractivity contribution in [3.8, 4) is 0 Å². The van der Waals surface area contributed by atoms with Crippen LogP contribution in [0.4, 0.5) is 11.4 Å². The Morgan fingerprint density at radius 1 is 1.15 bits per heavy atom. The molecule has 2 atom stereocenters. The summed E-state index contributed by atoms with van der Waals surface area (Å²) in [5, 5.41) is 5.97. The summed E-state index contributed by atoms with van der Waals surface area (Å²) in [6, 6.07) is 7.83. The Kier molecular flexibility index (Phi) is 6.14. The van der Waals surface area contributed by atoms with Crippen molar-refractivity contribution in [2.75, 3.05) is 43.1 Å². The van der Waals surface area contributed by atoms with E-state index >= 15 is 0 Å². The van der Waals surface area contributed by atoms with Gasteiger partial charge in [0.15, 0.2) is 0 Å². The van der Waals surface area contributed by atoms with Crippen LogP contribution < -0.4 is 15.5 Å². The number of nitrogens with zero attached hydrogens (tertiary/aromatic N) is 1. The molecule has 0 bridgehead atoms. The van der Waals surface area contributed by atoms with Crippen molar-refractivity contribution in [2.24, 2.45) is 17.8 Å². The number of rotatable bonds is 7. The average molecular weight is 359 g/mol. The number of amides is 2. The zero-order chi connectivity index (χ0) is 18.5. The maximum Gasteiger partial charge on any atom is 0.228 e. The number of carbonyl (C=O) groups is 2. The maximum absolute atomic E-state index is 12.6. The second-order valence-electron chi connectivity index (χ2n) is 7.53. The number of morpholine rings is 1. The van der Waals surface area contributed by atoms with Gasteiger partial charge in [-0.25, -0.2) is 0 Å². The molecule has 1 aliphatic carbocycles. The number of benzene rings is 1. The number of carbonyl (C=O) groups excluding carboxylic acids is 2. The molecule has 6 nitrogen and oxygen atoms in total. The van der Waals surface area contributed by atoms with Gasteiger partial charge >= 0.3 is 0 Å². The molecule has 26 heavy (non-hydrogen) atoms. The van der Waals surface area contributed by atoms with Crippen LogP contribution in [-0.2, 0) is 14.3 Å². The number of para-hydroxylation sites is 2. The van der Waals surface area contributed by atoms with Gasteiger partial charge in [-0.05, 0) is 30.9 Å². The van der Waals surface area contributed by atoms with E-state index in [2.05, 4.69) is 29.4 Å². The van der Waals surface area contributed by atoms with Crippen molar-refractivity contribution in [1.29, 1.82) is 0 Å². The molecule has 1 aromatic carbocycles. The summed E-state index contributed by atoms with van der Waals surface area (Å²) in [6.45, 7) is 7.97. The lowest BCUT2D eigenvalue weighted by Gasteiger charge is -2.30. The summed E-state index contributed by atoms with van der Waals surface area (Å²) in [6.07, 6.45) is 1.60. The van der Waals surface area contributed by atoms with E-state index in [4.69, 9.17) is 4.74 Å². The maximum atomic E-state index is 12.6. The lowest BCUT2D eigenvalue weighted by Crippen LogP contribution is -2.36. The molecule has 0 radical (unpaired) electrons. The Morgan fingerprint density at radius 3 is 2.58 bits per heavy atom. The van der Waals surface area contributed by atoms with E-state index in [0.717, 1.165) is 30.9 Å². The molecule has 1 saturated heterocycles. The zero-order valence-electron chi connectivity index (χ0n) is 15.7. The highest BCUT2D eigenvalue weighted by Gasteiger charge is 2.48. The van der Waals surface area contributed by atoms with Gasteiger partial charge in [0.1, 0.15) is 0 Å². The molecule has 0 aromatic heterocycles. The van der Waals surface area contributed by atoms with Gasteiger partial charge in [0.05, 0.1) is 36.4 Å². The van der Waals surface area contributed by atoms with E-state index in [1.165, 1.54) is 0 Å². The standard InChI is InChI=1S/C20H29N3O3/c1-14(2)7-8-21-19(24)15-13-16(15)20(25)22-17-5-3-4-6-18(17)23-9-11-26-12-10-23/h3-6,14-16H,7-13H2,1-2H3,(H,21,24)(H,22,25). The second kappa shape index (κ2) is 8.54. The van der Waals surface area contributed by atoms with E-state index < -0.39 is 0 Å². The summed E-state index contributed by atoms with van der Waals surface area (Å²) in [7, 11) is 0. The molecular formula is C20H29N3O3. The summed E-state index contributed by atoms with van der Waals surface area (Å²) in [5.41, 5.74) is 1.83. The summed E-state index contributed by atoms with van der Waals surface area (Å²) in [5.74, 6) is 0.108. The van der Waals surface area contributed by atoms with Crippen molar-refractivity contribution in [3.63, 3.8) is 0 Å². The van der Waals surface area contributed by atoms with Crippen LogP contribution in [0.3, 0.4) is 0 Å². The number of anilines is 2. The molecule has 2 N–H and O–H groups in total. The Bertz CT molecular complexity index is 641. The normalized spacial score (nSPS) is 22.2. The monoisotopic (exact) mass is 359 g/mol. The minimum atomic E-state index is -0.216. The van der Waals surface area contributed by atoms with Crippen LogP contribution in [-0.4, -0.2) is 44.7 Å². The summed E-state index contributed by atoms with van der Waals surface area (Å²) < 4.78 is 5.40. The Morgan fingerprint density at radius 2 is 1.85 bits per heavy atom. The van der Waals surface area contributed by atoms with E-state index in [-0.39, 0.29) is 23.7 Å². The number of hydrogen-bond donors (Lipinski definition) is 2. The van der Waals surface area contributed by atoms with Crippen LogP contribution in [0.2, 0.25) is 0 Å². The van der Waals surface area contributed by atoms with Crippen LogP contribution in [0.25, 0.3) is 0 Å². The minimum Gasteiger partial charge on any atom is -0.378 e. The molecule has 1 saturated carbocycles. The number of hydrogen-bond acceptors (Lipinski definition) is 4. The predicted octanol–water partition coefficient (Wildman–Crippen LogP) is 2.26. The van der Waals surface area contributed by atoms with Gasteiger partial charge in [-0.2, -0.15) is 0 Å². The molecule has 2 unspecified atom stereocenters. The SMILES string of the molecule is CC(C)CCNC(=O)C1CC1C(=O)Nc1ccccc1N1CCOCC1. The van der Waals surface area contributed by atoms with Gasteiger partial charge in [-0.15, -0.1) is 0 Å². The molecule has 2 fully saturated rings. The highest BCUT2D eigenvalue weighted by molar-refractivity contribution is 6.01. The molecule has 2 aliphatic rings. The Hall–Kier alpha value is -2.08. The van der Waals surface area contributed by atoms with Crippen LogP contribution in [0.15, 0.2) is 24.3 Å². The van der Waals surface area contributed by atoms with Gasteiger partial charge in [0.2, 0.25) is 11.8 Å². The molecule has 0 spiro atoms. The van der Waals surface area contributed by atoms with E-state index in [9.17, 15) is 9.59 Å². The van der Waals surface area contributed by atoms with Crippen molar-refractivity contribution in [2.45, 2.75) is 26.7 Å². The largest absolute Gasteiger partial charge is 0.378 e. The van der Waals surface area contributed by atoms with Gasteiger partial charge in [0, 0.05) is 19.6 Å². The third-order valence-corrected chi connectivity index (χ3v) is 5.00. The first kappa shape index (κ1) is 18.7. The number of nitrogens with one attached hydrogen (secondary N) is 2. The lowest BCUT2D eigenvalue weighted by molar-refractivity contribution is -0.125. The Labute approximate surface area is 155 Å². The molecule has 1 heterocycles. The van der Waals surface area contributed by atoms with Crippen molar-refractivity contribution in [3.05, 3.63) is 24.3 Å². The first-order valence-electron chi connectivity index (χ1n) is 9.56. The van der Waals surface area contributed by atoms with Crippen LogP contribution in [0.5, 0.6) is 0 Å². The quantitative estimate of drug-likeness (QED) is 0.783. The van der Waals surface area contributed by atoms with Crippen molar-refractivity contribution in [1.82, 2.24) is 5.32 Å². The molecular weight excluding hydrogens is 330 g/mol. The molecule has 2 amide bonds. The van der Waals surface area contributed by atoms with Gasteiger partial charge in [-0.1, -0.05) is 26.0 Å². The van der Waals surface area contributed by atoms with Crippen LogP contribution >= 0.6 is 0 Å². The lowest BCUT2D eigenvalue weighted by atomic mass is 10.1. The van der Waals surface area contributed by atoms with Crippen molar-refractivity contribution < 1.29 is 14.3 Å². The van der Waals surface area contributed by atoms with E-state index in [0.29, 0.717) is 32.1 Å². The minimum absolute atomic E-state index is 0.00673. The first-order valence-corrected chi connectivity index (χ1v) is 9.56. The average Bonchev–Trinajstić information content (AvgIpc) is 3.43. The van der Waals surface area contributed by atoms with Gasteiger partial charge in [-0.3, -0.25) is 9.59 Å². The molecule has 142 valence electrons. The number of ether oxygens (including phenoxy) is 1. The predicted molar refractivity (Wildman–Crippen MR) is 102 cm³/mol. The van der Waals surface area contributed by atoms with Crippen LogP contribution in [0.1, 0.15) is 26.7 Å². The summed E-state index contributed by atoms with van der Waals surface area (Å²) in [4.78, 5) is 27.0. The fourth-order valence-electron chi connectivity index (χ4n) is 3.27. The third-order valence-electron chi connectivity index (χ3n) is 5.00. The van der Waals surface area contributed by atoms with E-state index in [1.54, 1.807) is 0 Å². The highest BCUT2D eigenvalue weighted by Crippen LogP contribution is 2.40. The van der Waals surface area contributed by atoms with Gasteiger partial charge in [0.25, 0.3) is 0 Å². The molecule has 3 rings (SSSR count). The first-order chi connectivity index (χ1) is 12.6. The van der Waals surface area contributed by atoms with E-state index in [1.807, 2.05) is 24.3 Å². The summed E-state index contributed by atoms with van der Waals surface area (Å²) >= 11 is 0. The smallest absolute Gasteiger partial charge is 0.228 e. The van der Waals surface area contributed by atoms with Crippen LogP contribution in [0, 0.1) is 17.8 Å². The molecule has 1 aromatic rings. The second-order valence-corrected chi connectivity index (χ2v) is 7.53. The Balaban J connectivity index is 1.54. The van der Waals surface area contributed by atoms with Crippen molar-refractivity contribution >= 4 is 23.2 Å². The zero-order valence-corrected chi connectivity index (χ0v) is 15.7. The highest BCUT2D eigenvalue weighted by atomic mass is 16.5. The topological polar surface area (TPSA) is 70.7 Å².